The molecule has 1 aliphatic heterocycles. The molecular formula is C25H30N8O2. The molecule has 0 bridgehead atoms. The molecule has 182 valence electrons. The Morgan fingerprint density at radius 1 is 1.23 bits per heavy atom. The quantitative estimate of drug-likeness (QED) is 0.243. The van der Waals surface area contributed by atoms with Crippen molar-refractivity contribution in [2.24, 2.45) is 5.92 Å². The molecule has 3 aromatic rings. The Kier molecular flexibility index (Phi) is 7.61. The lowest BCUT2D eigenvalue weighted by Crippen LogP contribution is -2.50. The minimum atomic E-state index is -0.715. The van der Waals surface area contributed by atoms with Crippen LogP contribution in [0, 0.1) is 11.3 Å². The molecule has 1 fully saturated rings. The topological polar surface area (TPSA) is 140 Å². The number of carboxylic acids is 1. The van der Waals surface area contributed by atoms with Crippen LogP contribution < -0.4 is 10.6 Å². The number of aliphatic carboxylic acids is 1. The largest absolute Gasteiger partial charge is 0.481 e. The normalized spacial score (nSPS) is 14.7. The molecular weight excluding hydrogens is 444 g/mol. The Bertz CT molecular complexity index is 1240. The van der Waals surface area contributed by atoms with Crippen LogP contribution in [-0.2, 0) is 4.79 Å². The molecule has 3 aromatic heterocycles. The van der Waals surface area contributed by atoms with Gasteiger partial charge in [0.2, 0.25) is 0 Å². The summed E-state index contributed by atoms with van der Waals surface area (Å²) in [5.41, 5.74) is 4.05. The van der Waals surface area contributed by atoms with Gasteiger partial charge in [0.1, 0.15) is 5.82 Å². The summed E-state index contributed by atoms with van der Waals surface area (Å²) < 4.78 is 0. The Labute approximate surface area is 204 Å². The lowest BCUT2D eigenvalue weighted by Gasteiger charge is -2.36. The molecule has 0 atom stereocenters. The molecule has 1 aliphatic rings. The predicted molar refractivity (Wildman–Crippen MR) is 136 cm³/mol. The van der Waals surface area contributed by atoms with Crippen molar-refractivity contribution in [2.45, 2.75) is 26.2 Å². The third-order valence-corrected chi connectivity index (χ3v) is 5.98. The molecule has 0 unspecified atom stereocenters. The first-order valence-electron chi connectivity index (χ1n) is 11.7. The SMILES string of the molecule is CC(C)c1cnnc(Nc2ccc3ncc(/C(C=N)=C/NCCCN4CC(C(=O)O)C4)cc3n2)c1. The van der Waals surface area contributed by atoms with Gasteiger partial charge in [-0.3, -0.25) is 9.78 Å². The molecule has 0 saturated carbocycles. The Morgan fingerprint density at radius 3 is 2.80 bits per heavy atom. The summed E-state index contributed by atoms with van der Waals surface area (Å²) in [4.78, 5) is 22.2. The summed E-state index contributed by atoms with van der Waals surface area (Å²) in [7, 11) is 0. The number of hydrogen-bond donors (Lipinski definition) is 4. The molecule has 0 amide bonds. The van der Waals surface area contributed by atoms with Gasteiger partial charge in [-0.15, -0.1) is 5.10 Å². The second-order valence-electron chi connectivity index (χ2n) is 8.96. The van der Waals surface area contributed by atoms with Gasteiger partial charge >= 0.3 is 5.97 Å². The Morgan fingerprint density at radius 2 is 2.06 bits per heavy atom. The summed E-state index contributed by atoms with van der Waals surface area (Å²) in [6.45, 7) is 7.04. The first kappa shape index (κ1) is 24.2. The summed E-state index contributed by atoms with van der Waals surface area (Å²) in [5.74, 6) is 0.681. The molecule has 0 aliphatic carbocycles. The maximum Gasteiger partial charge on any atom is 0.309 e. The second kappa shape index (κ2) is 11.0. The van der Waals surface area contributed by atoms with E-state index < -0.39 is 5.97 Å². The average molecular weight is 475 g/mol. The number of nitrogens with one attached hydrogen (secondary N) is 3. The number of rotatable bonds is 11. The van der Waals surface area contributed by atoms with Crippen LogP contribution in [0.15, 0.2) is 42.9 Å². The molecule has 1 saturated heterocycles. The van der Waals surface area contributed by atoms with Gasteiger partial charge in [-0.25, -0.2) is 4.98 Å². The van der Waals surface area contributed by atoms with Crippen LogP contribution in [0.3, 0.4) is 0 Å². The molecule has 10 nitrogen and oxygen atoms in total. The first-order chi connectivity index (χ1) is 16.9. The minimum Gasteiger partial charge on any atom is -0.481 e. The molecule has 0 spiro atoms. The number of hydrogen-bond acceptors (Lipinski definition) is 9. The van der Waals surface area contributed by atoms with E-state index in [1.165, 1.54) is 6.21 Å². The summed E-state index contributed by atoms with van der Waals surface area (Å²) >= 11 is 0. The van der Waals surface area contributed by atoms with E-state index in [4.69, 9.17) is 10.5 Å². The number of anilines is 2. The van der Waals surface area contributed by atoms with Gasteiger partial charge in [0.05, 0.1) is 23.1 Å². The highest BCUT2D eigenvalue weighted by molar-refractivity contribution is 6.08. The van der Waals surface area contributed by atoms with Crippen molar-refractivity contribution in [3.63, 3.8) is 0 Å². The number of fused-ring (bicyclic) bond motifs is 1. The molecule has 0 radical (unpaired) electrons. The predicted octanol–water partition coefficient (Wildman–Crippen LogP) is 3.27. The number of aromatic nitrogens is 4. The maximum absolute atomic E-state index is 10.9. The van der Waals surface area contributed by atoms with Crippen LogP contribution in [0.5, 0.6) is 0 Å². The Hall–Kier alpha value is -3.92. The average Bonchev–Trinajstić information content (AvgIpc) is 2.82. The van der Waals surface area contributed by atoms with Crippen molar-refractivity contribution >= 4 is 40.4 Å². The van der Waals surface area contributed by atoms with Crippen LogP contribution in [0.4, 0.5) is 11.6 Å². The van der Waals surface area contributed by atoms with Crippen LogP contribution in [0.1, 0.15) is 37.3 Å². The van der Waals surface area contributed by atoms with Crippen LogP contribution in [-0.4, -0.2) is 68.5 Å². The molecule has 35 heavy (non-hydrogen) atoms. The van der Waals surface area contributed by atoms with E-state index in [0.29, 0.717) is 41.7 Å². The number of likely N-dealkylation sites (tertiary alicyclic amines) is 1. The standard InChI is InChI=1S/C25H30N8O2/c1-16(2)17-9-24(32-29-13-17)31-23-5-4-21-22(30-23)8-18(12-28-21)19(10-26)11-27-6-3-7-33-14-20(15-33)25(34)35/h4-5,8-13,16,20,26-27H,3,6-7,14-15H2,1-2H3,(H,34,35)(H,30,31,32)/b19-11+,26-10?. The van der Waals surface area contributed by atoms with Crippen LogP contribution in [0.2, 0.25) is 0 Å². The van der Waals surface area contributed by atoms with Crippen molar-refractivity contribution < 1.29 is 9.90 Å². The van der Waals surface area contributed by atoms with Gasteiger partial charge in [-0.2, -0.15) is 5.10 Å². The van der Waals surface area contributed by atoms with E-state index in [0.717, 1.165) is 36.2 Å². The number of nitrogens with zero attached hydrogens (tertiary/aromatic N) is 5. The van der Waals surface area contributed by atoms with Crippen molar-refractivity contribution in [2.75, 3.05) is 31.5 Å². The van der Waals surface area contributed by atoms with Gasteiger partial charge < -0.3 is 26.0 Å². The van der Waals surface area contributed by atoms with Crippen molar-refractivity contribution in [1.82, 2.24) is 30.4 Å². The summed E-state index contributed by atoms with van der Waals surface area (Å²) in [6.07, 6.45) is 7.48. The molecule has 0 aromatic carbocycles. The van der Waals surface area contributed by atoms with Gasteiger partial charge in [-0.1, -0.05) is 13.8 Å². The van der Waals surface area contributed by atoms with Crippen LogP contribution >= 0.6 is 0 Å². The number of allylic oxidation sites excluding steroid dienone is 1. The maximum atomic E-state index is 10.9. The molecule has 4 N–H and O–H groups in total. The number of carbonyl (C=O) groups is 1. The smallest absolute Gasteiger partial charge is 0.309 e. The van der Waals surface area contributed by atoms with E-state index >= 15 is 0 Å². The fourth-order valence-corrected chi connectivity index (χ4v) is 3.83. The van der Waals surface area contributed by atoms with E-state index in [1.54, 1.807) is 18.6 Å². The lowest BCUT2D eigenvalue weighted by molar-refractivity contribution is -0.147. The van der Waals surface area contributed by atoms with Gasteiger partial charge in [-0.05, 0) is 48.7 Å². The monoisotopic (exact) mass is 474 g/mol. The van der Waals surface area contributed by atoms with Crippen molar-refractivity contribution in [1.29, 1.82) is 5.41 Å². The van der Waals surface area contributed by atoms with E-state index in [-0.39, 0.29) is 5.92 Å². The van der Waals surface area contributed by atoms with Crippen molar-refractivity contribution in [3.05, 3.63) is 54.0 Å². The fraction of sp³-hybridized carbons (Fsp3) is 0.360. The van der Waals surface area contributed by atoms with E-state index in [9.17, 15) is 4.79 Å². The third-order valence-electron chi connectivity index (χ3n) is 5.98. The zero-order valence-corrected chi connectivity index (χ0v) is 19.9. The van der Waals surface area contributed by atoms with Gasteiger partial charge in [0.25, 0.3) is 0 Å². The highest BCUT2D eigenvalue weighted by Gasteiger charge is 2.31. The minimum absolute atomic E-state index is 0.227. The number of carboxylic acid groups (broad SMARTS) is 1. The van der Waals surface area contributed by atoms with E-state index in [1.807, 2.05) is 24.3 Å². The number of pyridine rings is 2. The first-order valence-corrected chi connectivity index (χ1v) is 11.7. The van der Waals surface area contributed by atoms with Crippen LogP contribution in [0.25, 0.3) is 16.6 Å². The molecule has 10 heteroatoms. The summed E-state index contributed by atoms with van der Waals surface area (Å²) in [6, 6.07) is 7.62. The molecule has 4 rings (SSSR count). The fourth-order valence-electron chi connectivity index (χ4n) is 3.83. The summed E-state index contributed by atoms with van der Waals surface area (Å²) in [5, 5.41) is 31.4. The Balaban J connectivity index is 1.38. The highest BCUT2D eigenvalue weighted by Crippen LogP contribution is 2.22. The molecule has 4 heterocycles. The lowest BCUT2D eigenvalue weighted by atomic mass is 10.0. The van der Waals surface area contributed by atoms with E-state index in [2.05, 4.69) is 49.5 Å². The second-order valence-corrected chi connectivity index (χ2v) is 8.96. The zero-order valence-electron chi connectivity index (χ0n) is 19.9. The third kappa shape index (κ3) is 6.15. The van der Waals surface area contributed by atoms with Crippen molar-refractivity contribution in [3.8, 4) is 0 Å². The zero-order chi connectivity index (χ0) is 24.8. The highest BCUT2D eigenvalue weighted by atomic mass is 16.4. The van der Waals surface area contributed by atoms with Gasteiger partial charge in [0.15, 0.2) is 5.82 Å². The van der Waals surface area contributed by atoms with Gasteiger partial charge in [0, 0.05) is 49.4 Å².